The average Bonchev–Trinajstić information content (AvgIpc) is 2.19. The topological polar surface area (TPSA) is 36.7 Å². The van der Waals surface area contributed by atoms with Crippen LogP contribution in [0.15, 0.2) is 24.4 Å². The van der Waals surface area contributed by atoms with Crippen LogP contribution in [0.3, 0.4) is 0 Å². The van der Waals surface area contributed by atoms with Crippen molar-refractivity contribution in [3.8, 4) is 6.07 Å². The fraction of sp³-hybridized carbons (Fsp3) is 0.200. The Kier molecular flexibility index (Phi) is 4.01. The minimum Gasteiger partial charge on any atom is -0.257 e. The molecule has 0 spiro atoms. The van der Waals surface area contributed by atoms with Crippen molar-refractivity contribution >= 4 is 17.7 Å². The third-order valence-electron chi connectivity index (χ3n) is 1.47. The lowest BCUT2D eigenvalue weighted by Crippen LogP contribution is -1.81. The first-order valence-electron chi connectivity index (χ1n) is 3.95. The quantitative estimate of drug-likeness (QED) is 0.691. The van der Waals surface area contributed by atoms with Gasteiger partial charge in [-0.2, -0.15) is 5.26 Å². The van der Waals surface area contributed by atoms with E-state index in [4.69, 9.17) is 16.9 Å². The maximum Gasteiger partial charge on any atom is 0.0992 e. The van der Waals surface area contributed by atoms with Crippen molar-refractivity contribution in [3.05, 3.63) is 35.7 Å². The smallest absolute Gasteiger partial charge is 0.0992 e. The number of halogens is 1. The van der Waals surface area contributed by atoms with Gasteiger partial charge in [0.2, 0.25) is 0 Å². The van der Waals surface area contributed by atoms with Crippen LogP contribution in [-0.4, -0.2) is 10.9 Å². The summed E-state index contributed by atoms with van der Waals surface area (Å²) in [5.74, 6) is 0.606. The molecule has 0 bridgehead atoms. The zero-order chi connectivity index (χ0) is 9.52. The van der Waals surface area contributed by atoms with Crippen molar-refractivity contribution in [2.45, 2.75) is 6.42 Å². The molecule has 0 aliphatic heterocycles. The summed E-state index contributed by atoms with van der Waals surface area (Å²) in [6.07, 6.45) is 6.25. The van der Waals surface area contributed by atoms with Crippen LogP contribution >= 0.6 is 11.6 Å². The molecule has 0 N–H and O–H groups in total. The summed E-state index contributed by atoms with van der Waals surface area (Å²) in [5, 5.41) is 8.61. The minimum atomic E-state index is 0.606. The van der Waals surface area contributed by atoms with Crippen LogP contribution in [-0.2, 0) is 0 Å². The first-order valence-corrected chi connectivity index (χ1v) is 4.49. The Morgan fingerprint density at radius 3 is 3.15 bits per heavy atom. The van der Waals surface area contributed by atoms with Gasteiger partial charge in [0.25, 0.3) is 0 Å². The maximum absolute atomic E-state index is 8.61. The summed E-state index contributed by atoms with van der Waals surface area (Å²) in [6, 6.07) is 5.48. The molecule has 0 unspecified atom stereocenters. The lowest BCUT2D eigenvalue weighted by Gasteiger charge is -1.91. The molecule has 0 aliphatic carbocycles. The van der Waals surface area contributed by atoms with Crippen LogP contribution in [0.25, 0.3) is 6.08 Å². The van der Waals surface area contributed by atoms with Gasteiger partial charge < -0.3 is 0 Å². The molecule has 1 heterocycles. The molecule has 1 rings (SSSR count). The van der Waals surface area contributed by atoms with E-state index in [0.29, 0.717) is 11.4 Å². The fourth-order valence-electron chi connectivity index (χ4n) is 0.876. The predicted octanol–water partition coefficient (Wildman–Crippen LogP) is 2.60. The highest BCUT2D eigenvalue weighted by molar-refractivity contribution is 6.17. The van der Waals surface area contributed by atoms with E-state index >= 15 is 0 Å². The summed E-state index contributed by atoms with van der Waals surface area (Å²) >= 11 is 5.50. The minimum absolute atomic E-state index is 0.606. The number of hydrogen-bond acceptors (Lipinski definition) is 2. The van der Waals surface area contributed by atoms with E-state index in [0.717, 1.165) is 12.1 Å². The van der Waals surface area contributed by atoms with Crippen molar-refractivity contribution in [1.82, 2.24) is 4.98 Å². The van der Waals surface area contributed by atoms with Crippen LogP contribution in [0.1, 0.15) is 17.7 Å². The van der Waals surface area contributed by atoms with Crippen LogP contribution in [0.2, 0.25) is 0 Å². The average molecular weight is 193 g/mol. The van der Waals surface area contributed by atoms with E-state index in [2.05, 4.69) is 11.1 Å². The van der Waals surface area contributed by atoms with E-state index in [-0.39, 0.29) is 0 Å². The van der Waals surface area contributed by atoms with Gasteiger partial charge >= 0.3 is 0 Å². The molecule has 0 amide bonds. The highest BCUT2D eigenvalue weighted by Crippen LogP contribution is 2.02. The molecule has 0 fully saturated rings. The van der Waals surface area contributed by atoms with Gasteiger partial charge in [0.05, 0.1) is 17.3 Å². The van der Waals surface area contributed by atoms with E-state index < -0.39 is 0 Å². The Hall–Kier alpha value is -1.33. The van der Waals surface area contributed by atoms with E-state index in [1.54, 1.807) is 18.3 Å². The Morgan fingerprint density at radius 2 is 2.46 bits per heavy atom. The number of aromatic nitrogens is 1. The van der Waals surface area contributed by atoms with Gasteiger partial charge in [-0.25, -0.2) is 0 Å². The Labute approximate surface area is 82.5 Å². The Bertz CT molecular complexity index is 339. The normalized spacial score (nSPS) is 10.2. The molecule has 0 atom stereocenters. The number of nitrogens with zero attached hydrogens (tertiary/aromatic N) is 2. The van der Waals surface area contributed by atoms with Gasteiger partial charge in [-0.15, -0.1) is 11.6 Å². The highest BCUT2D eigenvalue weighted by Gasteiger charge is 1.91. The highest BCUT2D eigenvalue weighted by atomic mass is 35.5. The molecule has 0 saturated heterocycles. The molecule has 0 aromatic carbocycles. The SMILES string of the molecule is N#Cc1ccnc(C=CCCCl)c1. The number of allylic oxidation sites excluding steroid dienone is 1. The number of pyridine rings is 1. The molecule has 3 heteroatoms. The molecule has 2 nitrogen and oxygen atoms in total. The van der Waals surface area contributed by atoms with Crippen LogP contribution in [0.4, 0.5) is 0 Å². The summed E-state index contributed by atoms with van der Waals surface area (Å²) < 4.78 is 0. The second-order valence-corrected chi connectivity index (χ2v) is 2.84. The predicted molar refractivity (Wildman–Crippen MR) is 53.3 cm³/mol. The molecule has 1 aromatic heterocycles. The third-order valence-corrected chi connectivity index (χ3v) is 1.69. The van der Waals surface area contributed by atoms with E-state index in [1.807, 2.05) is 12.2 Å². The van der Waals surface area contributed by atoms with Gasteiger partial charge in [0, 0.05) is 12.1 Å². The van der Waals surface area contributed by atoms with Gasteiger partial charge in [0.1, 0.15) is 0 Å². The van der Waals surface area contributed by atoms with Gasteiger partial charge in [-0.3, -0.25) is 4.98 Å². The van der Waals surface area contributed by atoms with Crippen molar-refractivity contribution < 1.29 is 0 Å². The fourth-order valence-corrected chi connectivity index (χ4v) is 1.00. The second kappa shape index (κ2) is 5.34. The van der Waals surface area contributed by atoms with E-state index in [9.17, 15) is 0 Å². The summed E-state index contributed by atoms with van der Waals surface area (Å²) in [4.78, 5) is 4.08. The second-order valence-electron chi connectivity index (χ2n) is 2.46. The van der Waals surface area contributed by atoms with Gasteiger partial charge in [0.15, 0.2) is 0 Å². The van der Waals surface area contributed by atoms with Gasteiger partial charge in [-0.05, 0) is 24.6 Å². The van der Waals surface area contributed by atoms with Crippen LogP contribution in [0.5, 0.6) is 0 Å². The number of hydrogen-bond donors (Lipinski definition) is 0. The zero-order valence-corrected chi connectivity index (χ0v) is 7.83. The molecule has 0 aliphatic rings. The van der Waals surface area contributed by atoms with Crippen LogP contribution < -0.4 is 0 Å². The molecule has 0 radical (unpaired) electrons. The first kappa shape index (κ1) is 9.76. The maximum atomic E-state index is 8.61. The molecule has 66 valence electrons. The number of rotatable bonds is 3. The number of nitriles is 1. The van der Waals surface area contributed by atoms with E-state index in [1.165, 1.54) is 0 Å². The van der Waals surface area contributed by atoms with Crippen molar-refractivity contribution in [1.29, 1.82) is 5.26 Å². The molecule has 0 saturated carbocycles. The lowest BCUT2D eigenvalue weighted by molar-refractivity contribution is 1.23. The van der Waals surface area contributed by atoms with Gasteiger partial charge in [-0.1, -0.05) is 6.08 Å². The zero-order valence-electron chi connectivity index (χ0n) is 7.07. The monoisotopic (exact) mass is 192 g/mol. The summed E-state index contributed by atoms with van der Waals surface area (Å²) in [5.41, 5.74) is 1.42. The molecule has 1 aromatic rings. The first-order chi connectivity index (χ1) is 6.36. The molecular weight excluding hydrogens is 184 g/mol. The third kappa shape index (κ3) is 3.27. The van der Waals surface area contributed by atoms with Crippen molar-refractivity contribution in [2.24, 2.45) is 0 Å². The van der Waals surface area contributed by atoms with Crippen LogP contribution in [0, 0.1) is 11.3 Å². The summed E-state index contributed by atoms with van der Waals surface area (Å²) in [7, 11) is 0. The Morgan fingerprint density at radius 1 is 1.62 bits per heavy atom. The molecule has 13 heavy (non-hydrogen) atoms. The van der Waals surface area contributed by atoms with Crippen molar-refractivity contribution in [2.75, 3.05) is 5.88 Å². The largest absolute Gasteiger partial charge is 0.257 e. The van der Waals surface area contributed by atoms with Crippen molar-refractivity contribution in [3.63, 3.8) is 0 Å². The standard InChI is InChI=1S/C10H9ClN2/c11-5-2-1-3-10-7-9(8-12)4-6-13-10/h1,3-4,6-7H,2,5H2. The number of alkyl halides is 1. The summed E-state index contributed by atoms with van der Waals surface area (Å²) in [6.45, 7) is 0. The lowest BCUT2D eigenvalue weighted by atomic mass is 10.2. The Balaban J connectivity index is 2.73. The molecular formula is C10H9ClN2.